The van der Waals surface area contributed by atoms with E-state index in [1.54, 1.807) is 0 Å². The Balaban J connectivity index is 2.05. The van der Waals surface area contributed by atoms with Gasteiger partial charge >= 0.3 is 0 Å². The molecular weight excluding hydrogens is 218 g/mol. The molecule has 0 aliphatic carbocycles. The Hall–Kier alpha value is -1.76. The Bertz CT molecular complexity index is 499. The van der Waals surface area contributed by atoms with E-state index in [4.69, 9.17) is 0 Å². The van der Waals surface area contributed by atoms with Crippen LogP contribution in [-0.2, 0) is 6.42 Å². The van der Waals surface area contributed by atoms with E-state index in [2.05, 4.69) is 60.4 Å². The summed E-state index contributed by atoms with van der Waals surface area (Å²) in [6.45, 7) is 3.37. The quantitative estimate of drug-likeness (QED) is 0.758. The molecule has 0 fully saturated rings. The minimum absolute atomic E-state index is 1.06. The number of hydrogen-bond acceptors (Lipinski definition) is 1. The molecule has 0 unspecified atom stereocenters. The van der Waals surface area contributed by atoms with Crippen molar-refractivity contribution in [1.29, 1.82) is 0 Å². The molecule has 1 aliphatic heterocycles. The number of fused-ring (bicyclic) bond motifs is 2. The van der Waals surface area contributed by atoms with E-state index in [0.717, 1.165) is 13.0 Å². The zero-order valence-electron chi connectivity index (χ0n) is 10.9. The molecule has 18 heavy (non-hydrogen) atoms. The van der Waals surface area contributed by atoms with E-state index in [1.807, 2.05) is 0 Å². The lowest BCUT2D eigenvalue weighted by Gasteiger charge is -2.33. The average molecular weight is 237 g/mol. The number of anilines is 2. The van der Waals surface area contributed by atoms with Gasteiger partial charge in [-0.15, -0.1) is 0 Å². The largest absolute Gasteiger partial charge is 0.341 e. The van der Waals surface area contributed by atoms with Crippen LogP contribution in [0, 0.1) is 0 Å². The first-order valence-electron chi connectivity index (χ1n) is 6.83. The van der Waals surface area contributed by atoms with E-state index < -0.39 is 0 Å². The molecule has 3 rings (SSSR count). The molecule has 0 aromatic heterocycles. The number of rotatable bonds is 3. The molecule has 0 spiro atoms. The zero-order chi connectivity index (χ0) is 12.4. The van der Waals surface area contributed by atoms with Crippen LogP contribution < -0.4 is 4.90 Å². The topological polar surface area (TPSA) is 3.24 Å². The molecule has 0 bridgehead atoms. The second-order valence-corrected chi connectivity index (χ2v) is 4.94. The van der Waals surface area contributed by atoms with Crippen LogP contribution in [0.25, 0.3) is 0 Å². The van der Waals surface area contributed by atoms with Gasteiger partial charge in [-0.1, -0.05) is 49.7 Å². The van der Waals surface area contributed by atoms with Crippen molar-refractivity contribution in [2.24, 2.45) is 0 Å². The first kappa shape index (κ1) is 11.3. The zero-order valence-corrected chi connectivity index (χ0v) is 10.9. The highest BCUT2D eigenvalue weighted by molar-refractivity contribution is 5.74. The number of nitrogens with zero attached hydrogens (tertiary/aromatic N) is 1. The molecule has 0 saturated heterocycles. The number of hydrogen-bond donors (Lipinski definition) is 0. The summed E-state index contributed by atoms with van der Waals surface area (Å²) in [5, 5.41) is 0. The van der Waals surface area contributed by atoms with Crippen LogP contribution in [0.1, 0.15) is 30.9 Å². The number of benzene rings is 2. The summed E-state index contributed by atoms with van der Waals surface area (Å²) in [6.07, 6.45) is 3.54. The highest BCUT2D eigenvalue weighted by Gasteiger charge is 2.20. The maximum absolute atomic E-state index is 2.48. The lowest BCUT2D eigenvalue weighted by Crippen LogP contribution is -2.24. The number of para-hydroxylation sites is 2. The molecular formula is C17H19N. The van der Waals surface area contributed by atoms with E-state index in [0.29, 0.717) is 0 Å². The SMILES string of the molecule is CCCCN1c2ccccc2Cc2ccccc21. The van der Waals surface area contributed by atoms with Gasteiger partial charge in [-0.2, -0.15) is 0 Å². The van der Waals surface area contributed by atoms with Gasteiger partial charge in [0.1, 0.15) is 0 Å². The van der Waals surface area contributed by atoms with Crippen molar-refractivity contribution >= 4 is 11.4 Å². The molecule has 0 saturated carbocycles. The minimum atomic E-state index is 1.06. The monoisotopic (exact) mass is 237 g/mol. The first-order chi connectivity index (χ1) is 8.90. The molecule has 92 valence electrons. The van der Waals surface area contributed by atoms with E-state index in [-0.39, 0.29) is 0 Å². The highest BCUT2D eigenvalue weighted by Crippen LogP contribution is 2.38. The molecule has 0 atom stereocenters. The van der Waals surface area contributed by atoms with Crippen molar-refractivity contribution in [3.05, 3.63) is 59.7 Å². The van der Waals surface area contributed by atoms with Gasteiger partial charge < -0.3 is 4.90 Å². The summed E-state index contributed by atoms with van der Waals surface area (Å²) in [6, 6.07) is 17.6. The minimum Gasteiger partial charge on any atom is -0.341 e. The van der Waals surface area contributed by atoms with E-state index in [1.165, 1.54) is 35.3 Å². The summed E-state index contributed by atoms with van der Waals surface area (Å²) >= 11 is 0. The van der Waals surface area contributed by atoms with E-state index >= 15 is 0 Å². The van der Waals surface area contributed by atoms with Gasteiger partial charge in [0.15, 0.2) is 0 Å². The second kappa shape index (κ2) is 4.85. The third-order valence-corrected chi connectivity index (χ3v) is 3.68. The Morgan fingerprint density at radius 1 is 0.889 bits per heavy atom. The Morgan fingerprint density at radius 2 is 1.44 bits per heavy atom. The first-order valence-corrected chi connectivity index (χ1v) is 6.83. The van der Waals surface area contributed by atoms with Gasteiger partial charge in [0.2, 0.25) is 0 Å². The Morgan fingerprint density at radius 3 is 2.00 bits per heavy atom. The summed E-state index contributed by atoms with van der Waals surface area (Å²) in [4.78, 5) is 2.48. The van der Waals surface area contributed by atoms with Crippen LogP contribution in [-0.4, -0.2) is 6.54 Å². The summed E-state index contributed by atoms with van der Waals surface area (Å²) < 4.78 is 0. The Kier molecular flexibility index (Phi) is 3.06. The van der Waals surface area contributed by atoms with E-state index in [9.17, 15) is 0 Å². The van der Waals surface area contributed by atoms with Gasteiger partial charge in [-0.05, 0) is 29.7 Å². The lowest BCUT2D eigenvalue weighted by molar-refractivity contribution is 0.776. The predicted molar refractivity (Wildman–Crippen MR) is 77.6 cm³/mol. The third-order valence-electron chi connectivity index (χ3n) is 3.68. The van der Waals surface area contributed by atoms with Crippen LogP contribution in [0.3, 0.4) is 0 Å². The summed E-state index contributed by atoms with van der Waals surface area (Å²) in [5.74, 6) is 0. The molecule has 0 radical (unpaired) electrons. The highest BCUT2D eigenvalue weighted by atomic mass is 15.1. The smallest absolute Gasteiger partial charge is 0.0446 e. The van der Waals surface area contributed by atoms with Gasteiger partial charge in [-0.3, -0.25) is 0 Å². The van der Waals surface area contributed by atoms with Crippen molar-refractivity contribution < 1.29 is 0 Å². The molecule has 1 heterocycles. The molecule has 1 aliphatic rings. The van der Waals surface area contributed by atoms with Gasteiger partial charge in [0.25, 0.3) is 0 Å². The van der Waals surface area contributed by atoms with Gasteiger partial charge in [0, 0.05) is 24.3 Å². The van der Waals surface area contributed by atoms with Gasteiger partial charge in [-0.25, -0.2) is 0 Å². The van der Waals surface area contributed by atoms with Crippen LogP contribution in [0.15, 0.2) is 48.5 Å². The lowest BCUT2D eigenvalue weighted by atomic mass is 9.95. The molecule has 0 amide bonds. The molecule has 0 N–H and O–H groups in total. The van der Waals surface area contributed by atoms with Crippen molar-refractivity contribution in [2.45, 2.75) is 26.2 Å². The Labute approximate surface area is 109 Å². The third kappa shape index (κ3) is 1.90. The fourth-order valence-electron chi connectivity index (χ4n) is 2.74. The van der Waals surface area contributed by atoms with Crippen molar-refractivity contribution in [3.8, 4) is 0 Å². The normalized spacial score (nSPS) is 13.1. The van der Waals surface area contributed by atoms with Crippen LogP contribution in [0.2, 0.25) is 0 Å². The fourth-order valence-corrected chi connectivity index (χ4v) is 2.74. The maximum atomic E-state index is 2.48. The average Bonchev–Trinajstić information content (AvgIpc) is 2.43. The van der Waals surface area contributed by atoms with Crippen LogP contribution in [0.5, 0.6) is 0 Å². The summed E-state index contributed by atoms with van der Waals surface area (Å²) in [7, 11) is 0. The van der Waals surface area contributed by atoms with Crippen LogP contribution >= 0.6 is 0 Å². The number of unbranched alkanes of at least 4 members (excludes halogenated alkanes) is 1. The maximum Gasteiger partial charge on any atom is 0.0446 e. The van der Waals surface area contributed by atoms with Crippen molar-refractivity contribution in [1.82, 2.24) is 0 Å². The fraction of sp³-hybridized carbons (Fsp3) is 0.294. The summed E-state index contributed by atoms with van der Waals surface area (Å²) in [5.41, 5.74) is 5.69. The molecule has 2 aromatic carbocycles. The molecule has 2 aromatic rings. The second-order valence-electron chi connectivity index (χ2n) is 4.94. The molecule has 1 nitrogen and oxygen atoms in total. The van der Waals surface area contributed by atoms with Gasteiger partial charge in [0.05, 0.1) is 0 Å². The van der Waals surface area contributed by atoms with Crippen molar-refractivity contribution in [2.75, 3.05) is 11.4 Å². The van der Waals surface area contributed by atoms with Crippen LogP contribution in [0.4, 0.5) is 11.4 Å². The standard InChI is InChI=1S/C17H19N/c1-2-3-12-18-16-10-6-4-8-14(16)13-15-9-5-7-11-17(15)18/h4-11H,2-3,12-13H2,1H3. The van der Waals surface area contributed by atoms with Crippen molar-refractivity contribution in [3.63, 3.8) is 0 Å². The molecule has 1 heteroatoms. The predicted octanol–water partition coefficient (Wildman–Crippen LogP) is 4.53.